The van der Waals surface area contributed by atoms with Gasteiger partial charge < -0.3 is 9.88 Å². The molecule has 0 spiro atoms. The van der Waals surface area contributed by atoms with Crippen LogP contribution in [0.15, 0.2) is 24.5 Å². The molecule has 128 valence electrons. The Morgan fingerprint density at radius 3 is 2.83 bits per heavy atom. The Balaban J connectivity index is 1.41. The van der Waals surface area contributed by atoms with Gasteiger partial charge in [-0.3, -0.25) is 10.1 Å². The highest BCUT2D eigenvalue weighted by Crippen LogP contribution is 2.33. The quantitative estimate of drug-likeness (QED) is 0.886. The molecule has 1 amide bonds. The first kappa shape index (κ1) is 15.5. The van der Waals surface area contributed by atoms with Gasteiger partial charge >= 0.3 is 0 Å². The molecule has 7 heteroatoms. The average molecular weight is 334 g/mol. The van der Waals surface area contributed by atoms with E-state index in [4.69, 9.17) is 0 Å². The topological polar surface area (TPSA) is 61.0 Å². The van der Waals surface area contributed by atoms with E-state index in [0.717, 1.165) is 23.9 Å². The van der Waals surface area contributed by atoms with Crippen molar-refractivity contribution in [3.63, 3.8) is 0 Å². The van der Waals surface area contributed by atoms with Gasteiger partial charge in [0.25, 0.3) is 5.92 Å². The number of likely N-dealkylation sites (tertiary alicyclic amines) is 1. The molecule has 2 fully saturated rings. The number of nitrogens with one attached hydrogen (secondary N) is 2. The summed E-state index contributed by atoms with van der Waals surface area (Å²) >= 11 is 0. The molecule has 0 bridgehead atoms. The second-order valence-electron chi connectivity index (χ2n) is 6.74. The molecule has 0 radical (unpaired) electrons. The normalized spacial score (nSPS) is 24.6. The van der Waals surface area contributed by atoms with Gasteiger partial charge in [0.05, 0.1) is 12.6 Å². The summed E-state index contributed by atoms with van der Waals surface area (Å²) in [5.74, 6) is -2.59. The van der Waals surface area contributed by atoms with Crippen LogP contribution in [-0.4, -0.2) is 52.4 Å². The molecular weight excluding hydrogens is 314 g/mol. The summed E-state index contributed by atoms with van der Waals surface area (Å²) in [6.07, 6.45) is 5.06. The zero-order chi connectivity index (χ0) is 16.7. The van der Waals surface area contributed by atoms with E-state index in [1.54, 1.807) is 11.1 Å². The van der Waals surface area contributed by atoms with Crippen LogP contribution in [-0.2, 0) is 4.79 Å². The fraction of sp³-hybridized carbons (Fsp3) is 0.529. The van der Waals surface area contributed by atoms with E-state index in [1.807, 2.05) is 12.3 Å². The number of H-pyrrole nitrogens is 1. The van der Waals surface area contributed by atoms with Crippen molar-refractivity contribution in [2.24, 2.45) is 0 Å². The van der Waals surface area contributed by atoms with Crippen LogP contribution in [0.2, 0.25) is 0 Å². The molecular formula is C17H20F2N4O. The third-order valence-corrected chi connectivity index (χ3v) is 5.14. The van der Waals surface area contributed by atoms with Gasteiger partial charge in [-0.25, -0.2) is 13.8 Å². The van der Waals surface area contributed by atoms with E-state index >= 15 is 0 Å². The van der Waals surface area contributed by atoms with Crippen LogP contribution in [0.5, 0.6) is 0 Å². The molecule has 2 N–H and O–H groups in total. The number of aromatic amines is 1. The Morgan fingerprint density at radius 1 is 1.33 bits per heavy atom. The molecule has 5 nitrogen and oxygen atoms in total. The number of carbonyl (C=O) groups excluding carboxylic acids is 1. The standard InChI is InChI=1S/C17H20F2N4O/c18-17(19)8-14(22-10-17)16(24)23-6-3-11(4-7-23)13-9-21-15-12(13)2-1-5-20-15/h1-2,5,9,11,14,22H,3-4,6-8,10H2,(H,20,21). The van der Waals surface area contributed by atoms with E-state index in [9.17, 15) is 13.6 Å². The van der Waals surface area contributed by atoms with Crippen molar-refractivity contribution in [3.05, 3.63) is 30.1 Å². The molecule has 1 atom stereocenters. The number of hydrogen-bond acceptors (Lipinski definition) is 3. The molecule has 0 saturated carbocycles. The highest BCUT2D eigenvalue weighted by atomic mass is 19.3. The molecule has 2 saturated heterocycles. The number of aromatic nitrogens is 2. The Kier molecular flexibility index (Phi) is 3.75. The smallest absolute Gasteiger partial charge is 0.262 e. The molecule has 4 heterocycles. The third kappa shape index (κ3) is 2.77. The average Bonchev–Trinajstić information content (AvgIpc) is 3.17. The van der Waals surface area contributed by atoms with Crippen LogP contribution in [0.4, 0.5) is 8.78 Å². The van der Waals surface area contributed by atoms with Crippen LogP contribution in [0.25, 0.3) is 11.0 Å². The van der Waals surface area contributed by atoms with Gasteiger partial charge in [-0.1, -0.05) is 0 Å². The van der Waals surface area contributed by atoms with Gasteiger partial charge in [-0.15, -0.1) is 0 Å². The van der Waals surface area contributed by atoms with Crippen molar-refractivity contribution in [1.82, 2.24) is 20.2 Å². The van der Waals surface area contributed by atoms with E-state index in [-0.39, 0.29) is 12.3 Å². The van der Waals surface area contributed by atoms with Crippen LogP contribution in [0.3, 0.4) is 0 Å². The monoisotopic (exact) mass is 334 g/mol. The molecule has 2 aromatic rings. The SMILES string of the molecule is O=C(C1CC(F)(F)CN1)N1CCC(c2c[nH]c3ncccc23)CC1. The van der Waals surface area contributed by atoms with E-state index in [1.165, 1.54) is 5.56 Å². The summed E-state index contributed by atoms with van der Waals surface area (Å²) in [7, 11) is 0. The number of hydrogen-bond donors (Lipinski definition) is 2. The molecule has 2 aromatic heterocycles. The summed E-state index contributed by atoms with van der Waals surface area (Å²) in [4.78, 5) is 21.6. The number of carbonyl (C=O) groups is 1. The minimum Gasteiger partial charge on any atom is -0.346 e. The number of rotatable bonds is 2. The van der Waals surface area contributed by atoms with Gasteiger partial charge in [-0.05, 0) is 36.5 Å². The molecule has 0 aromatic carbocycles. The van der Waals surface area contributed by atoms with Crippen molar-refractivity contribution in [2.45, 2.75) is 37.1 Å². The first-order valence-electron chi connectivity index (χ1n) is 8.35. The summed E-state index contributed by atoms with van der Waals surface area (Å²) in [5.41, 5.74) is 2.11. The molecule has 1 unspecified atom stereocenters. The van der Waals surface area contributed by atoms with Gasteiger partial charge in [-0.2, -0.15) is 0 Å². The lowest BCUT2D eigenvalue weighted by molar-refractivity contribution is -0.134. The maximum Gasteiger partial charge on any atom is 0.262 e. The first-order valence-corrected chi connectivity index (χ1v) is 8.35. The summed E-state index contributed by atoms with van der Waals surface area (Å²) in [6, 6.07) is 3.23. The van der Waals surface area contributed by atoms with Crippen molar-refractivity contribution < 1.29 is 13.6 Å². The first-order chi connectivity index (χ1) is 11.5. The summed E-state index contributed by atoms with van der Waals surface area (Å²) in [6.45, 7) is 0.822. The number of pyridine rings is 1. The van der Waals surface area contributed by atoms with Crippen molar-refractivity contribution in [2.75, 3.05) is 19.6 Å². The minimum atomic E-state index is -2.77. The third-order valence-electron chi connectivity index (χ3n) is 5.14. The molecule has 2 aliphatic rings. The highest BCUT2D eigenvalue weighted by Gasteiger charge is 2.43. The van der Waals surface area contributed by atoms with Crippen LogP contribution >= 0.6 is 0 Å². The second-order valence-corrected chi connectivity index (χ2v) is 6.74. The number of amides is 1. The summed E-state index contributed by atoms with van der Waals surface area (Å²) in [5, 5.41) is 3.78. The van der Waals surface area contributed by atoms with E-state index in [0.29, 0.717) is 19.0 Å². The molecule has 24 heavy (non-hydrogen) atoms. The molecule has 0 aliphatic carbocycles. The van der Waals surface area contributed by atoms with Gasteiger partial charge in [0, 0.05) is 37.3 Å². The lowest BCUT2D eigenvalue weighted by Gasteiger charge is -2.33. The van der Waals surface area contributed by atoms with Crippen molar-refractivity contribution in [1.29, 1.82) is 0 Å². The number of alkyl halides is 2. The van der Waals surface area contributed by atoms with Gasteiger partial charge in [0.15, 0.2) is 0 Å². The fourth-order valence-electron chi connectivity index (χ4n) is 3.84. The van der Waals surface area contributed by atoms with Gasteiger partial charge in [0.1, 0.15) is 5.65 Å². The van der Waals surface area contributed by atoms with Crippen molar-refractivity contribution in [3.8, 4) is 0 Å². The maximum atomic E-state index is 13.3. The van der Waals surface area contributed by atoms with E-state index < -0.39 is 18.5 Å². The predicted octanol–water partition coefficient (Wildman–Crippen LogP) is 2.27. The van der Waals surface area contributed by atoms with E-state index in [2.05, 4.69) is 21.4 Å². The number of piperidine rings is 1. The zero-order valence-corrected chi connectivity index (χ0v) is 13.3. The second kappa shape index (κ2) is 5.81. The Bertz CT molecular complexity index is 752. The molecule has 4 rings (SSSR count). The number of halogens is 2. The highest BCUT2D eigenvalue weighted by molar-refractivity contribution is 5.83. The maximum absolute atomic E-state index is 13.3. The lowest BCUT2D eigenvalue weighted by atomic mass is 9.89. The lowest BCUT2D eigenvalue weighted by Crippen LogP contribution is -2.46. The fourth-order valence-corrected chi connectivity index (χ4v) is 3.84. The summed E-state index contributed by atoms with van der Waals surface area (Å²) < 4.78 is 26.6. The van der Waals surface area contributed by atoms with Gasteiger partial charge in [0.2, 0.25) is 5.91 Å². The molecule has 2 aliphatic heterocycles. The van der Waals surface area contributed by atoms with Crippen molar-refractivity contribution >= 4 is 16.9 Å². The minimum absolute atomic E-state index is 0.189. The van der Waals surface area contributed by atoms with Crippen LogP contribution in [0.1, 0.15) is 30.7 Å². The Morgan fingerprint density at radius 2 is 2.12 bits per heavy atom. The largest absolute Gasteiger partial charge is 0.346 e. The van der Waals surface area contributed by atoms with Crippen LogP contribution < -0.4 is 5.32 Å². The zero-order valence-electron chi connectivity index (χ0n) is 13.3. The Labute approximate surface area is 138 Å². The Hall–Kier alpha value is -2.02. The number of nitrogens with zero attached hydrogens (tertiary/aromatic N) is 2. The van der Waals surface area contributed by atoms with Crippen LogP contribution in [0, 0.1) is 0 Å². The predicted molar refractivity (Wildman–Crippen MR) is 86.0 cm³/mol. The number of fused-ring (bicyclic) bond motifs is 1.